The molecule has 0 fully saturated rings. The molecule has 0 unspecified atom stereocenters. The molecule has 0 atom stereocenters. The Hall–Kier alpha value is 0. The van der Waals surface area contributed by atoms with Crippen molar-refractivity contribution in [1.82, 2.24) is 0 Å². The molecular weight excluding hydrogens is 156 g/mol. The molecule has 0 heteroatoms. The normalized spacial score (nSPS) is 8.77. The second-order valence-electron chi connectivity index (χ2n) is 4.27. The fraction of sp³-hybridized carbons (Fsp3) is 1.00. The minimum Gasteiger partial charge on any atom is -0.0683 e. The standard InChI is InChI=1S/C7H16.C4H10.C2H6/c1-4-5-6-7(2)3;1-4(2)3;1-2/h7H,4-6H2,1-3H3;4H,1-3H3;1-2H3. The molecular formula is C13H32. The lowest BCUT2D eigenvalue weighted by Gasteiger charge is -1.98. The number of unbranched alkanes of at least 4 members (excludes halogenated alkanes) is 1. The molecule has 0 amide bonds. The Morgan fingerprint density at radius 2 is 1.15 bits per heavy atom. The molecule has 0 aliphatic carbocycles. The van der Waals surface area contributed by atoms with Crippen LogP contribution in [0.3, 0.4) is 0 Å². The SMILES string of the molecule is CC.CC(C)C.CCCCC(C)C. The van der Waals surface area contributed by atoms with Crippen LogP contribution in [0.1, 0.15) is 74.7 Å². The molecule has 84 valence electrons. The molecule has 0 aromatic rings. The van der Waals surface area contributed by atoms with Crippen molar-refractivity contribution in [2.45, 2.75) is 74.7 Å². The second-order valence-corrected chi connectivity index (χ2v) is 4.27. The van der Waals surface area contributed by atoms with Crippen molar-refractivity contribution in [3.8, 4) is 0 Å². The Kier molecular flexibility index (Phi) is 25.8. The zero-order valence-corrected chi connectivity index (χ0v) is 11.3. The average Bonchev–Trinajstić information content (AvgIpc) is 2.03. The minimum absolute atomic E-state index is 0.833. The van der Waals surface area contributed by atoms with E-state index in [2.05, 4.69) is 41.5 Å². The maximum atomic E-state index is 2.27. The summed E-state index contributed by atoms with van der Waals surface area (Å²) in [7, 11) is 0. The van der Waals surface area contributed by atoms with Gasteiger partial charge in [0.15, 0.2) is 0 Å². The molecule has 0 bridgehead atoms. The minimum atomic E-state index is 0.833. The monoisotopic (exact) mass is 188 g/mol. The third kappa shape index (κ3) is 75.0. The molecule has 0 radical (unpaired) electrons. The van der Waals surface area contributed by atoms with E-state index in [0.717, 1.165) is 11.8 Å². The van der Waals surface area contributed by atoms with Gasteiger partial charge in [-0.1, -0.05) is 74.7 Å². The van der Waals surface area contributed by atoms with E-state index in [0.29, 0.717) is 0 Å². The smallest absolute Gasteiger partial charge is 0.0471 e. The van der Waals surface area contributed by atoms with Gasteiger partial charge >= 0.3 is 0 Å². The predicted octanol–water partition coefficient (Wildman–Crippen LogP) is 5.52. The lowest BCUT2D eigenvalue weighted by molar-refractivity contribution is 0.550. The van der Waals surface area contributed by atoms with Gasteiger partial charge in [-0.05, 0) is 11.8 Å². The van der Waals surface area contributed by atoms with Crippen molar-refractivity contribution in [3.63, 3.8) is 0 Å². The summed E-state index contributed by atoms with van der Waals surface area (Å²) in [6.07, 6.45) is 4.15. The van der Waals surface area contributed by atoms with Crippen LogP contribution >= 0.6 is 0 Å². The third-order valence-corrected chi connectivity index (χ3v) is 1.14. The number of hydrogen-bond acceptors (Lipinski definition) is 0. The quantitative estimate of drug-likeness (QED) is 0.547. The van der Waals surface area contributed by atoms with E-state index in [1.807, 2.05) is 13.8 Å². The van der Waals surface area contributed by atoms with Gasteiger partial charge in [0.25, 0.3) is 0 Å². The van der Waals surface area contributed by atoms with Crippen molar-refractivity contribution in [2.75, 3.05) is 0 Å². The van der Waals surface area contributed by atoms with Crippen molar-refractivity contribution in [1.29, 1.82) is 0 Å². The highest BCUT2D eigenvalue weighted by Gasteiger charge is 1.88. The maximum Gasteiger partial charge on any atom is -0.0471 e. The summed E-state index contributed by atoms with van der Waals surface area (Å²) in [5.41, 5.74) is 0. The van der Waals surface area contributed by atoms with Crippen LogP contribution in [0.5, 0.6) is 0 Å². The van der Waals surface area contributed by atoms with Crippen LogP contribution in [-0.2, 0) is 0 Å². The number of rotatable bonds is 3. The molecule has 0 saturated heterocycles. The van der Waals surface area contributed by atoms with Gasteiger partial charge in [0.2, 0.25) is 0 Å². The molecule has 0 heterocycles. The summed E-state index contributed by atoms with van der Waals surface area (Å²) in [5.74, 6) is 1.74. The van der Waals surface area contributed by atoms with Gasteiger partial charge in [0, 0.05) is 0 Å². The van der Waals surface area contributed by atoms with Crippen molar-refractivity contribution < 1.29 is 0 Å². The first-order valence-electron chi connectivity index (χ1n) is 6.00. The highest BCUT2D eigenvalue weighted by atomic mass is 13.9. The highest BCUT2D eigenvalue weighted by Crippen LogP contribution is 2.04. The van der Waals surface area contributed by atoms with Crippen LogP contribution in [-0.4, -0.2) is 0 Å². The van der Waals surface area contributed by atoms with E-state index in [4.69, 9.17) is 0 Å². The van der Waals surface area contributed by atoms with Gasteiger partial charge in [0.05, 0.1) is 0 Å². The summed E-state index contributed by atoms with van der Waals surface area (Å²) in [4.78, 5) is 0. The molecule has 0 rings (SSSR count). The van der Waals surface area contributed by atoms with Gasteiger partial charge in [-0.2, -0.15) is 0 Å². The summed E-state index contributed by atoms with van der Waals surface area (Å²) in [6, 6.07) is 0. The van der Waals surface area contributed by atoms with Crippen molar-refractivity contribution >= 4 is 0 Å². The van der Waals surface area contributed by atoms with Crippen LogP contribution in [0, 0.1) is 11.8 Å². The zero-order valence-electron chi connectivity index (χ0n) is 11.3. The fourth-order valence-electron chi connectivity index (χ4n) is 0.612. The summed E-state index contributed by atoms with van der Waals surface area (Å²) >= 11 is 0. The van der Waals surface area contributed by atoms with E-state index in [-0.39, 0.29) is 0 Å². The molecule has 0 saturated carbocycles. The molecule has 0 spiro atoms. The first-order chi connectivity index (χ1) is 6.00. The lowest BCUT2D eigenvalue weighted by Crippen LogP contribution is -1.83. The van der Waals surface area contributed by atoms with Crippen molar-refractivity contribution in [3.05, 3.63) is 0 Å². The summed E-state index contributed by atoms with van der Waals surface area (Å²) < 4.78 is 0. The van der Waals surface area contributed by atoms with Gasteiger partial charge in [-0.25, -0.2) is 0 Å². The zero-order chi connectivity index (χ0) is 11.3. The van der Waals surface area contributed by atoms with Crippen LogP contribution in [0.2, 0.25) is 0 Å². The Morgan fingerprint density at radius 3 is 1.23 bits per heavy atom. The highest BCUT2D eigenvalue weighted by molar-refractivity contribution is 4.42. The Labute approximate surface area is 87.1 Å². The second kappa shape index (κ2) is 17.9. The largest absolute Gasteiger partial charge is 0.0683 e. The van der Waals surface area contributed by atoms with E-state index < -0.39 is 0 Å². The first kappa shape index (κ1) is 18.7. The first-order valence-corrected chi connectivity index (χ1v) is 6.00. The molecule has 0 nitrogen and oxygen atoms in total. The van der Waals surface area contributed by atoms with Crippen molar-refractivity contribution in [2.24, 2.45) is 11.8 Å². The van der Waals surface area contributed by atoms with Gasteiger partial charge < -0.3 is 0 Å². The topological polar surface area (TPSA) is 0 Å². The van der Waals surface area contributed by atoms with Gasteiger partial charge in [-0.3, -0.25) is 0 Å². The fourth-order valence-corrected chi connectivity index (χ4v) is 0.612. The Bertz CT molecular complexity index is 50.3. The Morgan fingerprint density at radius 1 is 0.846 bits per heavy atom. The predicted molar refractivity (Wildman–Crippen MR) is 66.2 cm³/mol. The molecule has 13 heavy (non-hydrogen) atoms. The lowest BCUT2D eigenvalue weighted by atomic mass is 10.1. The summed E-state index contributed by atoms with van der Waals surface area (Å²) in [6.45, 7) is 17.3. The van der Waals surface area contributed by atoms with Gasteiger partial charge in [0.1, 0.15) is 0 Å². The maximum absolute atomic E-state index is 2.27. The van der Waals surface area contributed by atoms with Crippen LogP contribution in [0.15, 0.2) is 0 Å². The molecule has 0 aliphatic rings. The van der Waals surface area contributed by atoms with E-state index in [1.54, 1.807) is 0 Å². The van der Waals surface area contributed by atoms with E-state index in [1.165, 1.54) is 19.3 Å². The van der Waals surface area contributed by atoms with Crippen LogP contribution in [0.4, 0.5) is 0 Å². The van der Waals surface area contributed by atoms with E-state index >= 15 is 0 Å². The average molecular weight is 188 g/mol. The molecule has 0 aromatic carbocycles. The van der Waals surface area contributed by atoms with Gasteiger partial charge in [-0.15, -0.1) is 0 Å². The number of hydrogen-bond donors (Lipinski definition) is 0. The molecule has 0 N–H and O–H groups in total. The van der Waals surface area contributed by atoms with Crippen LogP contribution in [0.25, 0.3) is 0 Å². The van der Waals surface area contributed by atoms with Crippen LogP contribution < -0.4 is 0 Å². The Balaban J connectivity index is -0.000000142. The molecule has 0 aromatic heterocycles. The third-order valence-electron chi connectivity index (χ3n) is 1.14. The molecule has 0 aliphatic heterocycles. The van der Waals surface area contributed by atoms with E-state index in [9.17, 15) is 0 Å². The summed E-state index contributed by atoms with van der Waals surface area (Å²) in [5, 5.41) is 0.